The summed E-state index contributed by atoms with van der Waals surface area (Å²) in [6.45, 7) is 1.54. The molecule has 0 heterocycles. The van der Waals surface area contributed by atoms with E-state index in [0.717, 1.165) is 5.56 Å². The fraction of sp³-hybridized carbons (Fsp3) is 0.188. The first-order valence-electron chi connectivity index (χ1n) is 6.71. The molecule has 0 fully saturated rings. The number of carbonyl (C=O) groups is 1. The number of anilines is 1. The van der Waals surface area contributed by atoms with Gasteiger partial charge in [0, 0.05) is 12.1 Å². The van der Waals surface area contributed by atoms with Crippen LogP contribution >= 0.6 is 0 Å². The maximum Gasteiger partial charge on any atom is 0.319 e. The molecule has 1 unspecified atom stereocenters. The summed E-state index contributed by atoms with van der Waals surface area (Å²) >= 11 is 0. The van der Waals surface area contributed by atoms with Crippen LogP contribution in [-0.2, 0) is 0 Å². The Morgan fingerprint density at radius 1 is 1.18 bits per heavy atom. The van der Waals surface area contributed by atoms with E-state index >= 15 is 0 Å². The maximum atomic E-state index is 13.6. The van der Waals surface area contributed by atoms with Crippen molar-refractivity contribution in [2.75, 3.05) is 11.9 Å². The topological polar surface area (TPSA) is 61.4 Å². The Labute approximate surface area is 126 Å². The number of carbonyl (C=O) groups excluding carboxylic acids is 1. The van der Waals surface area contributed by atoms with E-state index in [2.05, 4.69) is 10.6 Å². The zero-order chi connectivity index (χ0) is 16.1. The Morgan fingerprint density at radius 2 is 1.91 bits per heavy atom. The van der Waals surface area contributed by atoms with Gasteiger partial charge in [-0.2, -0.15) is 0 Å². The highest BCUT2D eigenvalue weighted by Crippen LogP contribution is 2.17. The molecule has 2 aromatic carbocycles. The Hall–Kier alpha value is -2.47. The molecule has 0 aliphatic rings. The van der Waals surface area contributed by atoms with Crippen molar-refractivity contribution in [3.63, 3.8) is 0 Å². The van der Waals surface area contributed by atoms with E-state index in [0.29, 0.717) is 0 Å². The molecule has 3 N–H and O–H groups in total. The third-order valence-electron chi connectivity index (χ3n) is 3.09. The number of aliphatic hydroxyl groups excluding tert-OH is 1. The number of aliphatic hydroxyl groups is 1. The van der Waals surface area contributed by atoms with Crippen molar-refractivity contribution >= 4 is 11.7 Å². The molecule has 0 saturated heterocycles. The van der Waals surface area contributed by atoms with Gasteiger partial charge in [0.2, 0.25) is 0 Å². The number of hydrogen-bond donors (Lipinski definition) is 3. The van der Waals surface area contributed by atoms with Crippen molar-refractivity contribution in [1.29, 1.82) is 0 Å². The molecule has 0 aliphatic heterocycles. The molecule has 0 aliphatic carbocycles. The lowest BCUT2D eigenvalue weighted by atomic mass is 10.1. The first kappa shape index (κ1) is 15.9. The van der Waals surface area contributed by atoms with E-state index in [-0.39, 0.29) is 17.8 Å². The molecular formula is C16H16F2N2O2. The summed E-state index contributed by atoms with van der Waals surface area (Å²) in [6.07, 6.45) is -1.19. The molecule has 0 spiro atoms. The summed E-state index contributed by atoms with van der Waals surface area (Å²) in [6, 6.07) is 9.46. The van der Waals surface area contributed by atoms with Crippen molar-refractivity contribution in [1.82, 2.24) is 5.32 Å². The maximum absolute atomic E-state index is 13.6. The lowest BCUT2D eigenvalue weighted by Crippen LogP contribution is -2.32. The van der Waals surface area contributed by atoms with Gasteiger partial charge in [-0.1, -0.05) is 24.3 Å². The molecule has 2 aromatic rings. The number of urea groups is 1. The van der Waals surface area contributed by atoms with E-state index in [1.54, 1.807) is 19.1 Å². The molecule has 0 bridgehead atoms. The molecule has 6 heteroatoms. The SMILES string of the molecule is Cc1ccc(NC(=O)NCC(O)c2ccccc2F)c(F)c1. The number of amides is 2. The van der Waals surface area contributed by atoms with Crippen LogP contribution in [0.1, 0.15) is 17.2 Å². The second kappa shape index (κ2) is 7.00. The zero-order valence-electron chi connectivity index (χ0n) is 11.9. The van der Waals surface area contributed by atoms with Gasteiger partial charge in [0.1, 0.15) is 11.6 Å². The first-order chi connectivity index (χ1) is 10.5. The van der Waals surface area contributed by atoms with Crippen molar-refractivity contribution in [2.24, 2.45) is 0 Å². The standard InChI is InChI=1S/C16H16F2N2O2/c1-10-6-7-14(13(18)8-10)20-16(22)19-9-15(21)11-4-2-3-5-12(11)17/h2-8,15,21H,9H2,1H3,(H2,19,20,22). The molecular weight excluding hydrogens is 290 g/mol. The summed E-state index contributed by atoms with van der Waals surface area (Å²) in [5, 5.41) is 14.5. The third-order valence-corrected chi connectivity index (χ3v) is 3.09. The van der Waals surface area contributed by atoms with Crippen LogP contribution in [-0.4, -0.2) is 17.7 Å². The van der Waals surface area contributed by atoms with E-state index in [1.807, 2.05) is 0 Å². The molecule has 0 saturated carbocycles. The van der Waals surface area contributed by atoms with Gasteiger partial charge in [0.15, 0.2) is 0 Å². The van der Waals surface area contributed by atoms with Gasteiger partial charge in [-0.25, -0.2) is 13.6 Å². The van der Waals surface area contributed by atoms with Gasteiger partial charge in [0.05, 0.1) is 11.8 Å². The minimum atomic E-state index is -1.19. The molecule has 2 rings (SSSR count). The second-order valence-electron chi connectivity index (χ2n) is 4.86. The number of aryl methyl sites for hydroxylation is 1. The summed E-state index contributed by atoms with van der Waals surface area (Å²) in [7, 11) is 0. The average Bonchev–Trinajstić information content (AvgIpc) is 2.48. The van der Waals surface area contributed by atoms with Crippen LogP contribution in [0.3, 0.4) is 0 Å². The van der Waals surface area contributed by atoms with Crippen LogP contribution in [0.4, 0.5) is 19.3 Å². The van der Waals surface area contributed by atoms with Gasteiger partial charge in [-0.05, 0) is 30.7 Å². The molecule has 2 amide bonds. The van der Waals surface area contributed by atoms with E-state index in [9.17, 15) is 18.7 Å². The van der Waals surface area contributed by atoms with Crippen LogP contribution < -0.4 is 10.6 Å². The second-order valence-corrected chi connectivity index (χ2v) is 4.86. The number of halogens is 2. The quantitative estimate of drug-likeness (QED) is 0.812. The summed E-state index contributed by atoms with van der Waals surface area (Å²) in [5.74, 6) is -1.11. The van der Waals surface area contributed by atoms with Gasteiger partial charge < -0.3 is 15.7 Å². The molecule has 1 atom stereocenters. The highest BCUT2D eigenvalue weighted by atomic mass is 19.1. The van der Waals surface area contributed by atoms with Crippen molar-refractivity contribution in [3.05, 3.63) is 65.2 Å². The Kier molecular flexibility index (Phi) is 5.06. The number of nitrogens with one attached hydrogen (secondary N) is 2. The van der Waals surface area contributed by atoms with Crippen LogP contribution in [0.15, 0.2) is 42.5 Å². The van der Waals surface area contributed by atoms with Gasteiger partial charge in [-0.15, -0.1) is 0 Å². The van der Waals surface area contributed by atoms with Crippen molar-refractivity contribution in [2.45, 2.75) is 13.0 Å². The van der Waals surface area contributed by atoms with Crippen LogP contribution in [0.2, 0.25) is 0 Å². The summed E-state index contributed by atoms with van der Waals surface area (Å²) < 4.78 is 27.1. The smallest absolute Gasteiger partial charge is 0.319 e. The Morgan fingerprint density at radius 3 is 2.59 bits per heavy atom. The molecule has 0 aromatic heterocycles. The third kappa shape index (κ3) is 4.02. The first-order valence-corrected chi connectivity index (χ1v) is 6.71. The molecule has 22 heavy (non-hydrogen) atoms. The Balaban J connectivity index is 1.91. The highest BCUT2D eigenvalue weighted by molar-refractivity contribution is 5.89. The fourth-order valence-corrected chi connectivity index (χ4v) is 1.93. The van der Waals surface area contributed by atoms with Crippen LogP contribution in [0.25, 0.3) is 0 Å². The average molecular weight is 306 g/mol. The minimum absolute atomic E-state index is 0.0310. The van der Waals surface area contributed by atoms with Gasteiger partial charge in [-0.3, -0.25) is 0 Å². The Bertz CT molecular complexity index is 677. The predicted octanol–water partition coefficient (Wildman–Crippen LogP) is 3.13. The van der Waals surface area contributed by atoms with E-state index in [1.165, 1.54) is 30.3 Å². The zero-order valence-corrected chi connectivity index (χ0v) is 11.9. The van der Waals surface area contributed by atoms with Crippen molar-refractivity contribution in [3.8, 4) is 0 Å². The monoisotopic (exact) mass is 306 g/mol. The number of hydrogen-bond acceptors (Lipinski definition) is 2. The number of benzene rings is 2. The number of rotatable bonds is 4. The molecule has 116 valence electrons. The predicted molar refractivity (Wildman–Crippen MR) is 79.5 cm³/mol. The van der Waals surface area contributed by atoms with Crippen molar-refractivity contribution < 1.29 is 18.7 Å². The van der Waals surface area contributed by atoms with E-state index < -0.39 is 23.8 Å². The normalized spacial score (nSPS) is 11.8. The lowest BCUT2D eigenvalue weighted by Gasteiger charge is -2.14. The summed E-state index contributed by atoms with van der Waals surface area (Å²) in [5.41, 5.74) is 0.853. The lowest BCUT2D eigenvalue weighted by molar-refractivity contribution is 0.170. The summed E-state index contributed by atoms with van der Waals surface area (Å²) in [4.78, 5) is 11.7. The molecule has 4 nitrogen and oxygen atoms in total. The van der Waals surface area contributed by atoms with Gasteiger partial charge in [0.25, 0.3) is 0 Å². The molecule has 0 radical (unpaired) electrons. The van der Waals surface area contributed by atoms with Crippen LogP contribution in [0, 0.1) is 18.6 Å². The van der Waals surface area contributed by atoms with Crippen LogP contribution in [0.5, 0.6) is 0 Å². The van der Waals surface area contributed by atoms with E-state index in [4.69, 9.17) is 0 Å². The minimum Gasteiger partial charge on any atom is -0.386 e. The largest absolute Gasteiger partial charge is 0.386 e. The highest BCUT2D eigenvalue weighted by Gasteiger charge is 2.14. The van der Waals surface area contributed by atoms with Gasteiger partial charge >= 0.3 is 6.03 Å². The fourth-order valence-electron chi connectivity index (χ4n) is 1.93.